The minimum absolute atomic E-state index is 0.0704. The van der Waals surface area contributed by atoms with E-state index in [-0.39, 0.29) is 11.9 Å². The van der Waals surface area contributed by atoms with Gasteiger partial charge in [0.25, 0.3) is 0 Å². The van der Waals surface area contributed by atoms with Crippen molar-refractivity contribution >= 4 is 11.6 Å². The van der Waals surface area contributed by atoms with Gasteiger partial charge in [-0.15, -0.1) is 10.2 Å². The summed E-state index contributed by atoms with van der Waals surface area (Å²) >= 11 is 0. The molecule has 1 aliphatic rings. The fourth-order valence-corrected chi connectivity index (χ4v) is 2.86. The number of nitrogens with one attached hydrogen (secondary N) is 1. The van der Waals surface area contributed by atoms with E-state index in [1.165, 1.54) is 0 Å². The number of amides is 1. The molecule has 7 heteroatoms. The number of piperazine rings is 1. The van der Waals surface area contributed by atoms with Gasteiger partial charge in [0.15, 0.2) is 0 Å². The topological polar surface area (TPSA) is 74.5 Å². The number of hydrogen-bond donors (Lipinski definition) is 1. The highest BCUT2D eigenvalue weighted by molar-refractivity contribution is 5.79. The molecule has 1 aromatic carbocycles. The largest absolute Gasteiger partial charge is 0.423 e. The zero-order chi connectivity index (χ0) is 17.8. The Morgan fingerprint density at radius 3 is 2.48 bits per heavy atom. The smallest absolute Gasteiger partial charge is 0.238 e. The van der Waals surface area contributed by atoms with E-state index in [4.69, 9.17) is 4.42 Å². The van der Waals surface area contributed by atoms with Gasteiger partial charge in [0.2, 0.25) is 17.7 Å². The quantitative estimate of drug-likeness (QED) is 0.893. The Hall–Kier alpha value is -2.41. The van der Waals surface area contributed by atoms with Crippen molar-refractivity contribution in [1.29, 1.82) is 0 Å². The third-order valence-electron chi connectivity index (χ3n) is 4.46. The lowest BCUT2D eigenvalue weighted by molar-refractivity contribution is -0.132. The summed E-state index contributed by atoms with van der Waals surface area (Å²) in [5.41, 5.74) is 1.98. The maximum Gasteiger partial charge on any atom is 0.238 e. The van der Waals surface area contributed by atoms with Gasteiger partial charge in [-0.2, -0.15) is 0 Å². The van der Waals surface area contributed by atoms with E-state index in [2.05, 4.69) is 27.5 Å². The Bertz CT molecular complexity index is 705. The summed E-state index contributed by atoms with van der Waals surface area (Å²) in [6, 6.07) is 7.86. The second-order valence-corrected chi connectivity index (χ2v) is 6.58. The summed E-state index contributed by atoms with van der Waals surface area (Å²) in [5.74, 6) is 1.32. The molecule has 25 heavy (non-hydrogen) atoms. The Balaban J connectivity index is 1.54. The molecule has 134 valence electrons. The number of aromatic nitrogens is 2. The van der Waals surface area contributed by atoms with Gasteiger partial charge in [-0.3, -0.25) is 4.79 Å². The molecule has 7 nitrogen and oxygen atoms in total. The van der Waals surface area contributed by atoms with Crippen LogP contribution in [0.1, 0.15) is 30.3 Å². The van der Waals surface area contributed by atoms with Crippen LogP contribution in [0.3, 0.4) is 0 Å². The summed E-state index contributed by atoms with van der Waals surface area (Å²) in [4.78, 5) is 16.6. The van der Waals surface area contributed by atoms with E-state index in [0.717, 1.165) is 37.4 Å². The van der Waals surface area contributed by atoms with Crippen LogP contribution in [-0.2, 0) is 11.2 Å². The fraction of sp³-hybridized carbons (Fsp3) is 0.500. The van der Waals surface area contributed by atoms with Crippen LogP contribution >= 0.6 is 0 Å². The maximum absolute atomic E-state index is 12.4. The summed E-state index contributed by atoms with van der Waals surface area (Å²) < 4.78 is 5.43. The molecule has 1 amide bonds. The maximum atomic E-state index is 12.4. The molecule has 1 aromatic heterocycles. The van der Waals surface area contributed by atoms with Crippen LogP contribution in [0.5, 0.6) is 0 Å². The molecule has 0 aliphatic carbocycles. The van der Waals surface area contributed by atoms with E-state index < -0.39 is 0 Å². The van der Waals surface area contributed by atoms with Gasteiger partial charge in [-0.25, -0.2) is 0 Å². The first-order valence-corrected chi connectivity index (χ1v) is 8.63. The van der Waals surface area contributed by atoms with E-state index in [1.54, 1.807) is 6.92 Å². The van der Waals surface area contributed by atoms with Crippen molar-refractivity contribution in [2.24, 2.45) is 0 Å². The number of nitrogens with zero attached hydrogens (tertiary/aromatic N) is 4. The van der Waals surface area contributed by atoms with Crippen molar-refractivity contribution in [2.75, 3.05) is 38.5 Å². The molecule has 1 atom stereocenters. The van der Waals surface area contributed by atoms with Crippen LogP contribution in [0.4, 0.5) is 5.69 Å². The highest BCUT2D eigenvalue weighted by Gasteiger charge is 2.19. The Kier molecular flexibility index (Phi) is 5.33. The molecule has 0 unspecified atom stereocenters. The van der Waals surface area contributed by atoms with Crippen molar-refractivity contribution in [3.8, 4) is 0 Å². The second kappa shape index (κ2) is 7.65. The lowest BCUT2D eigenvalue weighted by Crippen LogP contribution is -2.47. The first-order chi connectivity index (χ1) is 12.0. The number of benzene rings is 1. The van der Waals surface area contributed by atoms with Crippen molar-refractivity contribution in [3.63, 3.8) is 0 Å². The Morgan fingerprint density at radius 2 is 1.88 bits per heavy atom. The summed E-state index contributed by atoms with van der Waals surface area (Å²) in [7, 11) is 2.09. The minimum atomic E-state index is -0.0704. The van der Waals surface area contributed by atoms with Crippen LogP contribution in [0, 0.1) is 6.92 Å². The predicted molar refractivity (Wildman–Crippen MR) is 95.3 cm³/mol. The number of rotatable bonds is 5. The molecule has 0 saturated carbocycles. The van der Waals surface area contributed by atoms with E-state index in [1.807, 2.05) is 36.1 Å². The molecule has 2 aromatic rings. The van der Waals surface area contributed by atoms with Gasteiger partial charge in [-0.05, 0) is 31.7 Å². The molecule has 2 heterocycles. The Labute approximate surface area is 148 Å². The highest BCUT2D eigenvalue weighted by Crippen LogP contribution is 2.19. The number of aryl methyl sites for hydroxylation is 1. The van der Waals surface area contributed by atoms with Gasteiger partial charge in [0.05, 0.1) is 6.42 Å². The predicted octanol–water partition coefficient (Wildman–Crippen LogP) is 1.87. The number of anilines is 1. The average Bonchev–Trinajstić information content (AvgIpc) is 3.04. The normalized spacial score (nSPS) is 16.7. The molecule has 1 N–H and O–H groups in total. The van der Waals surface area contributed by atoms with Crippen LogP contribution < -0.4 is 5.32 Å². The van der Waals surface area contributed by atoms with Gasteiger partial charge >= 0.3 is 0 Å². The van der Waals surface area contributed by atoms with Crippen molar-refractivity contribution in [3.05, 3.63) is 41.6 Å². The first kappa shape index (κ1) is 17.4. The monoisotopic (exact) mass is 343 g/mol. The first-order valence-electron chi connectivity index (χ1n) is 8.63. The zero-order valence-corrected chi connectivity index (χ0v) is 15.0. The van der Waals surface area contributed by atoms with Crippen molar-refractivity contribution in [2.45, 2.75) is 26.3 Å². The SMILES string of the molecule is Cc1nnc([C@H](C)Nc2ccc(CC(=O)N3CCN(C)CC3)cc2)o1. The standard InChI is InChI=1S/C18H25N5O2/c1-13(18-21-20-14(2)25-18)19-16-6-4-15(5-7-16)12-17(24)23-10-8-22(3)9-11-23/h4-7,13,19H,8-12H2,1-3H3/t13-/m0/s1. The van der Waals surface area contributed by atoms with E-state index >= 15 is 0 Å². The molecule has 0 bridgehead atoms. The molecule has 3 rings (SSSR count). The number of carbonyl (C=O) groups excluding carboxylic acids is 1. The molecule has 1 aliphatic heterocycles. The van der Waals surface area contributed by atoms with Crippen LogP contribution in [0.25, 0.3) is 0 Å². The molecule has 1 fully saturated rings. The molecular weight excluding hydrogens is 318 g/mol. The summed E-state index contributed by atoms with van der Waals surface area (Å²) in [5, 5.41) is 11.2. The lowest BCUT2D eigenvalue weighted by atomic mass is 10.1. The van der Waals surface area contributed by atoms with Gasteiger partial charge in [0, 0.05) is 38.8 Å². The fourth-order valence-electron chi connectivity index (χ4n) is 2.86. The summed E-state index contributed by atoms with van der Waals surface area (Å²) in [6.07, 6.45) is 0.447. The van der Waals surface area contributed by atoms with Crippen molar-refractivity contribution in [1.82, 2.24) is 20.0 Å². The third kappa shape index (κ3) is 4.57. The third-order valence-corrected chi connectivity index (χ3v) is 4.46. The van der Waals surface area contributed by atoms with E-state index in [0.29, 0.717) is 18.2 Å². The molecule has 0 radical (unpaired) electrons. The molecule has 0 spiro atoms. The van der Waals surface area contributed by atoms with Crippen LogP contribution in [-0.4, -0.2) is 59.1 Å². The number of likely N-dealkylation sites (N-methyl/N-ethyl adjacent to an activating group) is 1. The number of carbonyl (C=O) groups is 1. The highest BCUT2D eigenvalue weighted by atomic mass is 16.4. The minimum Gasteiger partial charge on any atom is -0.423 e. The van der Waals surface area contributed by atoms with Gasteiger partial charge in [0.1, 0.15) is 6.04 Å². The van der Waals surface area contributed by atoms with Crippen molar-refractivity contribution < 1.29 is 9.21 Å². The Morgan fingerprint density at radius 1 is 1.20 bits per heavy atom. The van der Waals surface area contributed by atoms with Crippen LogP contribution in [0.2, 0.25) is 0 Å². The van der Waals surface area contributed by atoms with Crippen LogP contribution in [0.15, 0.2) is 28.7 Å². The molecule has 1 saturated heterocycles. The number of hydrogen-bond acceptors (Lipinski definition) is 6. The average molecular weight is 343 g/mol. The van der Waals surface area contributed by atoms with Gasteiger partial charge < -0.3 is 19.5 Å². The van der Waals surface area contributed by atoms with Gasteiger partial charge in [-0.1, -0.05) is 12.1 Å². The zero-order valence-electron chi connectivity index (χ0n) is 15.0. The molecular formula is C18H25N5O2. The van der Waals surface area contributed by atoms with E-state index in [9.17, 15) is 4.79 Å². The lowest BCUT2D eigenvalue weighted by Gasteiger charge is -2.32. The second-order valence-electron chi connectivity index (χ2n) is 6.58. The summed E-state index contributed by atoms with van der Waals surface area (Å²) in [6.45, 7) is 7.27.